The van der Waals surface area contributed by atoms with Crippen LogP contribution in [-0.4, -0.2) is 48.5 Å². The highest BCUT2D eigenvalue weighted by Crippen LogP contribution is 2.41. The van der Waals surface area contributed by atoms with Crippen LogP contribution in [0.25, 0.3) is 11.1 Å². The number of methoxy groups -OCH3 is 1. The average molecular weight is 568 g/mol. The van der Waals surface area contributed by atoms with Crippen LogP contribution in [0, 0.1) is 19.8 Å². The number of aldehydes is 1. The van der Waals surface area contributed by atoms with E-state index < -0.39 is 0 Å². The summed E-state index contributed by atoms with van der Waals surface area (Å²) in [5, 5.41) is 0. The Hall–Kier alpha value is -3.87. The minimum atomic E-state index is -0.336. The first-order chi connectivity index (χ1) is 20.3. The van der Waals surface area contributed by atoms with Crippen molar-refractivity contribution in [1.29, 1.82) is 0 Å². The van der Waals surface area contributed by atoms with E-state index in [0.717, 1.165) is 96.6 Å². The molecule has 0 spiro atoms. The molecule has 2 atom stereocenters. The first kappa shape index (κ1) is 28.3. The molecule has 7 nitrogen and oxygen atoms in total. The van der Waals surface area contributed by atoms with Gasteiger partial charge in [-0.3, -0.25) is 4.90 Å². The van der Waals surface area contributed by atoms with Gasteiger partial charge in [0, 0.05) is 30.1 Å². The van der Waals surface area contributed by atoms with Gasteiger partial charge in [-0.2, -0.15) is 0 Å². The molecular formula is C35H41N3O4. The molecule has 3 heterocycles. The van der Waals surface area contributed by atoms with Crippen LogP contribution in [0.2, 0.25) is 0 Å². The summed E-state index contributed by atoms with van der Waals surface area (Å²) >= 11 is 0. The highest BCUT2D eigenvalue weighted by Gasteiger charge is 2.40. The van der Waals surface area contributed by atoms with Gasteiger partial charge in [-0.15, -0.1) is 0 Å². The number of carbonyl (C=O) groups is 2. The lowest BCUT2D eigenvalue weighted by Gasteiger charge is -2.33. The summed E-state index contributed by atoms with van der Waals surface area (Å²) in [4.78, 5) is 33.9. The third kappa shape index (κ3) is 5.49. The molecule has 0 bridgehead atoms. The lowest BCUT2D eigenvalue weighted by Crippen LogP contribution is -2.38. The topological polar surface area (TPSA) is 72.0 Å². The minimum Gasteiger partial charge on any atom is -0.496 e. The molecule has 42 heavy (non-hydrogen) atoms. The Labute approximate surface area is 248 Å². The van der Waals surface area contributed by atoms with Crippen LogP contribution < -0.4 is 9.64 Å². The van der Waals surface area contributed by atoms with Gasteiger partial charge in [-0.05, 0) is 94.2 Å². The second-order valence-electron chi connectivity index (χ2n) is 12.3. The molecule has 0 N–H and O–H groups in total. The van der Waals surface area contributed by atoms with E-state index in [0.29, 0.717) is 12.5 Å². The first-order valence-corrected chi connectivity index (χ1v) is 15.3. The first-order valence-electron chi connectivity index (χ1n) is 15.3. The Bertz CT molecular complexity index is 1450. The molecule has 0 unspecified atom stereocenters. The summed E-state index contributed by atoms with van der Waals surface area (Å²) in [7, 11) is 1.70. The van der Waals surface area contributed by atoms with Crippen LogP contribution in [0.4, 0.5) is 10.6 Å². The lowest BCUT2D eigenvalue weighted by molar-refractivity contribution is -0.111. The number of rotatable bonds is 8. The standard InChI is InChI=1S/C35H41N3O4/c1-22-16-23(2)18-28(17-22)34-24(3)38(35(40)42-34)20-31-29(11-13-33(36-31)37-14-5-15-37)30-19-27(10-12-32(30)41-4)26-8-6-25(21-39)7-9-26/h10-13,16-19,21,24-26,34H,5-9,14-15,20H2,1-4H3/t24-,25?,26?,34-/m0/s1. The molecule has 220 valence electrons. The van der Waals surface area contributed by atoms with E-state index in [1.807, 2.05) is 11.0 Å². The smallest absolute Gasteiger partial charge is 0.411 e. The Morgan fingerprint density at radius 2 is 1.69 bits per heavy atom. The number of aromatic nitrogens is 1. The summed E-state index contributed by atoms with van der Waals surface area (Å²) in [6.45, 7) is 8.53. The molecule has 1 aliphatic carbocycles. The van der Waals surface area contributed by atoms with Gasteiger partial charge in [0.2, 0.25) is 0 Å². The van der Waals surface area contributed by atoms with Crippen LogP contribution in [0.1, 0.15) is 79.0 Å². The number of benzene rings is 2. The maximum Gasteiger partial charge on any atom is 0.411 e. The Kier molecular flexibility index (Phi) is 7.93. The van der Waals surface area contributed by atoms with Crippen molar-refractivity contribution in [3.8, 4) is 16.9 Å². The van der Waals surface area contributed by atoms with Crippen LogP contribution in [0.5, 0.6) is 5.75 Å². The molecule has 3 aromatic rings. The molecule has 0 radical (unpaired) electrons. The van der Waals surface area contributed by atoms with Gasteiger partial charge in [0.25, 0.3) is 0 Å². The van der Waals surface area contributed by atoms with Crippen LogP contribution in [0.3, 0.4) is 0 Å². The maximum absolute atomic E-state index is 13.3. The molecule has 1 amide bonds. The van der Waals surface area contributed by atoms with Gasteiger partial charge in [-0.25, -0.2) is 9.78 Å². The Morgan fingerprint density at radius 3 is 2.33 bits per heavy atom. The predicted molar refractivity (Wildman–Crippen MR) is 164 cm³/mol. The zero-order valence-electron chi connectivity index (χ0n) is 25.1. The van der Waals surface area contributed by atoms with Crippen molar-refractivity contribution >= 4 is 18.2 Å². The van der Waals surface area contributed by atoms with E-state index >= 15 is 0 Å². The van der Waals surface area contributed by atoms with Gasteiger partial charge in [0.1, 0.15) is 24.0 Å². The van der Waals surface area contributed by atoms with Crippen molar-refractivity contribution in [2.24, 2.45) is 5.92 Å². The molecule has 1 saturated carbocycles. The van der Waals surface area contributed by atoms with Crippen molar-refractivity contribution in [3.63, 3.8) is 0 Å². The van der Waals surface area contributed by atoms with Crippen molar-refractivity contribution in [3.05, 3.63) is 76.5 Å². The zero-order chi connectivity index (χ0) is 29.4. The second kappa shape index (κ2) is 11.8. The molecule has 2 aromatic carbocycles. The summed E-state index contributed by atoms with van der Waals surface area (Å²) in [5.41, 5.74) is 7.39. The third-order valence-electron chi connectivity index (χ3n) is 9.37. The third-order valence-corrected chi connectivity index (χ3v) is 9.37. The molecule has 2 aliphatic heterocycles. The summed E-state index contributed by atoms with van der Waals surface area (Å²) in [6, 6.07) is 16.9. The number of aryl methyl sites for hydroxylation is 2. The fourth-order valence-electron chi connectivity index (χ4n) is 6.85. The monoisotopic (exact) mass is 567 g/mol. The summed E-state index contributed by atoms with van der Waals surface area (Å²) in [6.07, 6.45) is 5.50. The quantitative estimate of drug-likeness (QED) is 0.270. The fourth-order valence-corrected chi connectivity index (χ4v) is 6.85. The van der Waals surface area contributed by atoms with E-state index in [4.69, 9.17) is 14.5 Å². The fraction of sp³-hybridized carbons (Fsp3) is 0.457. The molecule has 7 heteroatoms. The normalized spacial score (nSPS) is 23.9. The SMILES string of the molecule is COc1ccc(C2CCC(C=O)CC2)cc1-c1ccc(N2CCC2)nc1CN1C(=O)O[C@H](c2cc(C)cc(C)c2)[C@@H]1C. The number of amides is 1. The van der Waals surface area contributed by atoms with E-state index in [1.54, 1.807) is 7.11 Å². The van der Waals surface area contributed by atoms with Crippen LogP contribution in [0.15, 0.2) is 48.5 Å². The number of hydrogen-bond acceptors (Lipinski definition) is 6. The summed E-state index contributed by atoms with van der Waals surface area (Å²) in [5.74, 6) is 2.31. The predicted octanol–water partition coefficient (Wildman–Crippen LogP) is 7.14. The van der Waals surface area contributed by atoms with E-state index in [-0.39, 0.29) is 24.2 Å². The molecule has 2 saturated heterocycles. The largest absolute Gasteiger partial charge is 0.496 e. The maximum atomic E-state index is 13.3. The Morgan fingerprint density at radius 1 is 0.952 bits per heavy atom. The highest BCUT2D eigenvalue weighted by molar-refractivity contribution is 5.76. The number of ether oxygens (including phenoxy) is 2. The Balaban J connectivity index is 1.35. The van der Waals surface area contributed by atoms with Gasteiger partial charge in [-0.1, -0.05) is 35.4 Å². The number of nitrogens with zero attached hydrogens (tertiary/aromatic N) is 3. The molecule has 3 fully saturated rings. The van der Waals surface area contributed by atoms with Crippen molar-refractivity contribution in [1.82, 2.24) is 9.88 Å². The minimum absolute atomic E-state index is 0.151. The number of carbonyl (C=O) groups excluding carboxylic acids is 2. The van der Waals surface area contributed by atoms with E-state index in [9.17, 15) is 9.59 Å². The van der Waals surface area contributed by atoms with Crippen molar-refractivity contribution in [2.75, 3.05) is 25.1 Å². The summed E-state index contributed by atoms with van der Waals surface area (Å²) < 4.78 is 11.8. The average Bonchev–Trinajstić information content (AvgIpc) is 3.24. The van der Waals surface area contributed by atoms with Crippen molar-refractivity contribution < 1.29 is 19.1 Å². The van der Waals surface area contributed by atoms with E-state index in [1.165, 1.54) is 5.56 Å². The molecule has 3 aliphatic rings. The number of cyclic esters (lactones) is 1. The number of anilines is 1. The van der Waals surface area contributed by atoms with Gasteiger partial charge >= 0.3 is 6.09 Å². The van der Waals surface area contributed by atoms with Gasteiger partial charge in [0.05, 0.1) is 25.4 Å². The van der Waals surface area contributed by atoms with Crippen LogP contribution in [-0.2, 0) is 16.1 Å². The van der Waals surface area contributed by atoms with Gasteiger partial charge in [0.15, 0.2) is 0 Å². The second-order valence-corrected chi connectivity index (χ2v) is 12.3. The van der Waals surface area contributed by atoms with E-state index in [2.05, 4.69) is 68.1 Å². The highest BCUT2D eigenvalue weighted by atomic mass is 16.6. The van der Waals surface area contributed by atoms with Crippen LogP contribution >= 0.6 is 0 Å². The zero-order valence-corrected chi connectivity index (χ0v) is 25.1. The number of pyridine rings is 1. The molecule has 6 rings (SSSR count). The molecule has 1 aromatic heterocycles. The van der Waals surface area contributed by atoms with Gasteiger partial charge < -0.3 is 19.2 Å². The number of hydrogen-bond donors (Lipinski definition) is 0. The lowest BCUT2D eigenvalue weighted by atomic mass is 9.78. The molecular weight excluding hydrogens is 526 g/mol. The van der Waals surface area contributed by atoms with Crippen molar-refractivity contribution in [2.45, 2.75) is 77.5 Å².